The van der Waals surface area contributed by atoms with Crippen LogP contribution in [-0.4, -0.2) is 41.3 Å². The third-order valence-electron chi connectivity index (χ3n) is 4.18. The summed E-state index contributed by atoms with van der Waals surface area (Å²) in [6, 6.07) is 0.317. The summed E-state index contributed by atoms with van der Waals surface area (Å²) in [5.41, 5.74) is -0.112. The number of ether oxygens (including phenoxy) is 1. The quantitative estimate of drug-likeness (QED) is 0.852. The van der Waals surface area contributed by atoms with Crippen LogP contribution in [-0.2, 0) is 9.53 Å². The molecular formula is C15H28N2O2. The van der Waals surface area contributed by atoms with Gasteiger partial charge in [-0.15, -0.1) is 0 Å². The van der Waals surface area contributed by atoms with Gasteiger partial charge in [-0.3, -0.25) is 10.1 Å². The molecule has 0 spiro atoms. The van der Waals surface area contributed by atoms with Gasteiger partial charge in [-0.2, -0.15) is 0 Å². The lowest BCUT2D eigenvalue weighted by Crippen LogP contribution is -2.50. The minimum atomic E-state index is -0.112. The Morgan fingerprint density at radius 1 is 1.47 bits per heavy atom. The molecule has 0 aromatic heterocycles. The minimum Gasteiger partial charge on any atom is -0.375 e. The average Bonchev–Trinajstić information content (AvgIpc) is 2.51. The van der Waals surface area contributed by atoms with E-state index in [0.717, 1.165) is 25.9 Å². The van der Waals surface area contributed by atoms with Gasteiger partial charge in [-0.1, -0.05) is 13.8 Å². The lowest BCUT2D eigenvalue weighted by molar-refractivity contribution is -0.139. The highest BCUT2D eigenvalue weighted by Crippen LogP contribution is 2.31. The second kappa shape index (κ2) is 5.41. The van der Waals surface area contributed by atoms with Crippen LogP contribution in [0.3, 0.4) is 0 Å². The first-order chi connectivity index (χ1) is 8.80. The molecule has 0 aromatic carbocycles. The van der Waals surface area contributed by atoms with E-state index in [1.54, 1.807) is 0 Å². The Balaban J connectivity index is 2.05. The number of amides is 1. The van der Waals surface area contributed by atoms with Gasteiger partial charge in [0.25, 0.3) is 0 Å². The van der Waals surface area contributed by atoms with Crippen molar-refractivity contribution in [1.82, 2.24) is 10.2 Å². The van der Waals surface area contributed by atoms with Gasteiger partial charge in [0.05, 0.1) is 17.8 Å². The van der Waals surface area contributed by atoms with Crippen molar-refractivity contribution >= 4 is 5.91 Å². The molecule has 110 valence electrons. The van der Waals surface area contributed by atoms with Gasteiger partial charge in [0.15, 0.2) is 0 Å². The molecule has 3 unspecified atom stereocenters. The summed E-state index contributed by atoms with van der Waals surface area (Å²) in [7, 11) is 0. The van der Waals surface area contributed by atoms with Crippen molar-refractivity contribution in [2.75, 3.05) is 6.61 Å². The van der Waals surface area contributed by atoms with Crippen LogP contribution < -0.4 is 5.32 Å². The second-order valence-electron chi connectivity index (χ2n) is 7.03. The van der Waals surface area contributed by atoms with Crippen molar-refractivity contribution in [3.05, 3.63) is 0 Å². The Labute approximate surface area is 116 Å². The van der Waals surface area contributed by atoms with Gasteiger partial charge in [0.2, 0.25) is 5.91 Å². The summed E-state index contributed by atoms with van der Waals surface area (Å²) in [4.78, 5) is 14.7. The molecule has 0 bridgehead atoms. The predicted molar refractivity (Wildman–Crippen MR) is 75.7 cm³/mol. The average molecular weight is 268 g/mol. The van der Waals surface area contributed by atoms with Gasteiger partial charge >= 0.3 is 0 Å². The third kappa shape index (κ3) is 3.29. The fourth-order valence-electron chi connectivity index (χ4n) is 3.39. The van der Waals surface area contributed by atoms with Gasteiger partial charge < -0.3 is 9.64 Å². The van der Waals surface area contributed by atoms with E-state index in [-0.39, 0.29) is 23.7 Å². The second-order valence-corrected chi connectivity index (χ2v) is 7.03. The highest BCUT2D eigenvalue weighted by atomic mass is 16.5. The monoisotopic (exact) mass is 268 g/mol. The summed E-state index contributed by atoms with van der Waals surface area (Å²) < 4.78 is 5.76. The molecule has 1 amide bonds. The van der Waals surface area contributed by atoms with Crippen molar-refractivity contribution < 1.29 is 9.53 Å². The van der Waals surface area contributed by atoms with Crippen molar-refractivity contribution in [2.45, 2.75) is 77.7 Å². The topological polar surface area (TPSA) is 41.6 Å². The van der Waals surface area contributed by atoms with Crippen LogP contribution in [0.1, 0.15) is 53.9 Å². The van der Waals surface area contributed by atoms with E-state index in [0.29, 0.717) is 12.0 Å². The Kier molecular flexibility index (Phi) is 4.21. The van der Waals surface area contributed by atoms with E-state index in [9.17, 15) is 4.79 Å². The highest BCUT2D eigenvalue weighted by Gasteiger charge is 2.43. The molecule has 0 radical (unpaired) electrons. The number of hydrogen-bond donors (Lipinski definition) is 1. The van der Waals surface area contributed by atoms with E-state index >= 15 is 0 Å². The van der Waals surface area contributed by atoms with Gasteiger partial charge in [0, 0.05) is 12.6 Å². The summed E-state index contributed by atoms with van der Waals surface area (Å²) in [5, 5.41) is 3.45. The third-order valence-corrected chi connectivity index (χ3v) is 4.18. The Morgan fingerprint density at radius 3 is 2.74 bits per heavy atom. The molecule has 0 saturated carbocycles. The zero-order chi connectivity index (χ0) is 14.2. The summed E-state index contributed by atoms with van der Waals surface area (Å²) in [5.74, 6) is 0.823. The largest absolute Gasteiger partial charge is 0.375 e. The fourth-order valence-corrected chi connectivity index (χ4v) is 3.39. The predicted octanol–water partition coefficient (Wildman–Crippen LogP) is 2.14. The zero-order valence-electron chi connectivity index (χ0n) is 12.9. The smallest absolute Gasteiger partial charge is 0.241 e. The molecule has 2 saturated heterocycles. The lowest BCUT2D eigenvalue weighted by Gasteiger charge is -2.41. The number of carbonyl (C=O) groups excluding carboxylic acids is 1. The van der Waals surface area contributed by atoms with E-state index < -0.39 is 0 Å². The maximum absolute atomic E-state index is 12.6. The zero-order valence-corrected chi connectivity index (χ0v) is 12.9. The molecule has 4 nitrogen and oxygen atoms in total. The van der Waals surface area contributed by atoms with Gasteiger partial charge in [0.1, 0.15) is 0 Å². The minimum absolute atomic E-state index is 0.000886. The molecule has 2 rings (SSSR count). The molecule has 2 fully saturated rings. The standard InChI is InChI=1S/C15H28N2O2/c1-10(2)8-13-14(18)17(11(3)16-13)12-6-7-19-15(4,5)9-12/h10-13,16H,6-9H2,1-5H3. The summed E-state index contributed by atoms with van der Waals surface area (Å²) in [6.45, 7) is 11.4. The van der Waals surface area contributed by atoms with E-state index in [1.807, 2.05) is 0 Å². The molecular weight excluding hydrogens is 240 g/mol. The maximum atomic E-state index is 12.6. The Hall–Kier alpha value is -0.610. The number of hydrogen-bond acceptors (Lipinski definition) is 3. The lowest BCUT2D eigenvalue weighted by atomic mass is 9.92. The van der Waals surface area contributed by atoms with Crippen LogP contribution in [0.25, 0.3) is 0 Å². The van der Waals surface area contributed by atoms with Crippen LogP contribution in [0.15, 0.2) is 0 Å². The SMILES string of the molecule is CC(C)CC1NC(C)N(C2CCOC(C)(C)C2)C1=O. The molecule has 4 heteroatoms. The molecule has 2 aliphatic heterocycles. The molecule has 0 aliphatic carbocycles. The first-order valence-corrected chi connectivity index (χ1v) is 7.52. The number of carbonyl (C=O) groups is 1. The number of nitrogens with zero attached hydrogens (tertiary/aromatic N) is 1. The van der Waals surface area contributed by atoms with Crippen molar-refractivity contribution in [2.24, 2.45) is 5.92 Å². The summed E-state index contributed by atoms with van der Waals surface area (Å²) in [6.07, 6.45) is 2.95. The van der Waals surface area contributed by atoms with Crippen LogP contribution in [0.4, 0.5) is 0 Å². The van der Waals surface area contributed by atoms with Gasteiger partial charge in [-0.05, 0) is 46.0 Å². The molecule has 1 N–H and O–H groups in total. The molecule has 2 aliphatic rings. The first-order valence-electron chi connectivity index (χ1n) is 7.52. The molecule has 2 heterocycles. The van der Waals surface area contributed by atoms with Gasteiger partial charge in [-0.25, -0.2) is 0 Å². The highest BCUT2D eigenvalue weighted by molar-refractivity contribution is 5.84. The normalized spacial score (nSPS) is 35.2. The van der Waals surface area contributed by atoms with Crippen LogP contribution >= 0.6 is 0 Å². The number of rotatable bonds is 3. The first kappa shape index (κ1) is 14.8. The maximum Gasteiger partial charge on any atom is 0.241 e. The Bertz CT molecular complexity index is 341. The van der Waals surface area contributed by atoms with Crippen LogP contribution in [0.5, 0.6) is 0 Å². The van der Waals surface area contributed by atoms with Crippen molar-refractivity contribution in [1.29, 1.82) is 0 Å². The van der Waals surface area contributed by atoms with E-state index in [4.69, 9.17) is 4.74 Å². The van der Waals surface area contributed by atoms with Crippen molar-refractivity contribution in [3.8, 4) is 0 Å². The Morgan fingerprint density at radius 2 is 2.16 bits per heavy atom. The number of nitrogens with one attached hydrogen (secondary N) is 1. The van der Waals surface area contributed by atoms with E-state index in [1.165, 1.54) is 0 Å². The fraction of sp³-hybridized carbons (Fsp3) is 0.933. The summed E-state index contributed by atoms with van der Waals surface area (Å²) >= 11 is 0. The van der Waals surface area contributed by atoms with E-state index in [2.05, 4.69) is 44.8 Å². The van der Waals surface area contributed by atoms with Crippen molar-refractivity contribution in [3.63, 3.8) is 0 Å². The molecule has 0 aromatic rings. The molecule has 3 atom stereocenters. The van der Waals surface area contributed by atoms with Crippen LogP contribution in [0, 0.1) is 5.92 Å². The molecule has 19 heavy (non-hydrogen) atoms. The van der Waals surface area contributed by atoms with Crippen LogP contribution in [0.2, 0.25) is 0 Å².